The van der Waals surface area contributed by atoms with Gasteiger partial charge in [0, 0.05) is 23.0 Å². The van der Waals surface area contributed by atoms with Gasteiger partial charge >= 0.3 is 11.9 Å². The fraction of sp³-hybridized carbons (Fsp3) is 0.800. The van der Waals surface area contributed by atoms with Gasteiger partial charge in [0.05, 0.1) is 0 Å². The minimum Gasteiger partial charge on any atom is -0.453 e. The third kappa shape index (κ3) is 5.12. The number of hydrogen-bond donors (Lipinski definition) is 0. The van der Waals surface area contributed by atoms with Gasteiger partial charge in [-0.05, 0) is 13.8 Å². The normalized spacial score (nSPS) is 29.6. The molecule has 1 heterocycles. The summed E-state index contributed by atoms with van der Waals surface area (Å²) in [7, 11) is 0. The number of carbonyl (C=O) groups is 2. The molecule has 1 fully saturated rings. The number of cyclic esters (lactones) is 2. The fourth-order valence-electron chi connectivity index (χ4n) is 1.15. The third-order valence-electron chi connectivity index (χ3n) is 1.86. The molecule has 0 bridgehead atoms. The van der Waals surface area contributed by atoms with E-state index in [4.69, 9.17) is 9.47 Å². The number of esters is 2. The van der Waals surface area contributed by atoms with Gasteiger partial charge in [-0.15, -0.1) is 0 Å². The summed E-state index contributed by atoms with van der Waals surface area (Å²) in [6.45, 7) is 3.56. The SMILES string of the molecule is CC1CSCCSCC(C)OC(=O)C(=O)O1. The van der Waals surface area contributed by atoms with E-state index >= 15 is 0 Å². The highest BCUT2D eigenvalue weighted by atomic mass is 32.2. The first kappa shape index (κ1) is 13.7. The molecule has 16 heavy (non-hydrogen) atoms. The Hall–Kier alpha value is -0.360. The zero-order valence-electron chi connectivity index (χ0n) is 9.43. The van der Waals surface area contributed by atoms with Crippen LogP contribution in [-0.2, 0) is 19.1 Å². The Morgan fingerprint density at radius 1 is 0.938 bits per heavy atom. The molecule has 92 valence electrons. The second-order valence-electron chi connectivity index (χ2n) is 3.58. The van der Waals surface area contributed by atoms with Gasteiger partial charge < -0.3 is 9.47 Å². The standard InChI is InChI=1S/C10H16O4S2/c1-7-5-15-3-4-16-6-8(2)14-10(12)9(11)13-7/h7-8H,3-6H2,1-2H3. The highest BCUT2D eigenvalue weighted by Gasteiger charge is 2.22. The van der Waals surface area contributed by atoms with Gasteiger partial charge in [0.2, 0.25) is 0 Å². The van der Waals surface area contributed by atoms with Crippen LogP contribution in [0, 0.1) is 0 Å². The number of carbonyl (C=O) groups excluding carboxylic acids is 2. The van der Waals surface area contributed by atoms with Crippen molar-refractivity contribution in [1.29, 1.82) is 0 Å². The minimum atomic E-state index is -0.884. The van der Waals surface area contributed by atoms with E-state index in [0.717, 1.165) is 23.0 Å². The predicted octanol–water partition coefficient (Wildman–Crippen LogP) is 1.33. The summed E-state index contributed by atoms with van der Waals surface area (Å²) >= 11 is 3.46. The molecular formula is C10H16O4S2. The molecule has 0 radical (unpaired) electrons. The van der Waals surface area contributed by atoms with Gasteiger partial charge in [0.15, 0.2) is 0 Å². The van der Waals surface area contributed by atoms with Crippen molar-refractivity contribution in [3.8, 4) is 0 Å². The largest absolute Gasteiger partial charge is 0.453 e. The summed E-state index contributed by atoms with van der Waals surface area (Å²) in [6, 6.07) is 0. The van der Waals surface area contributed by atoms with Crippen LogP contribution in [-0.4, -0.2) is 47.2 Å². The van der Waals surface area contributed by atoms with Gasteiger partial charge in [0.25, 0.3) is 0 Å². The first-order chi connectivity index (χ1) is 7.59. The van der Waals surface area contributed by atoms with Crippen molar-refractivity contribution >= 4 is 35.5 Å². The molecule has 0 spiro atoms. The quantitative estimate of drug-likeness (QED) is 0.486. The molecule has 0 amide bonds. The molecular weight excluding hydrogens is 248 g/mol. The molecule has 1 rings (SSSR count). The second kappa shape index (κ2) is 7.06. The molecule has 0 N–H and O–H groups in total. The van der Waals surface area contributed by atoms with Crippen LogP contribution in [0.15, 0.2) is 0 Å². The summed E-state index contributed by atoms with van der Waals surface area (Å²) in [5.41, 5.74) is 0. The monoisotopic (exact) mass is 264 g/mol. The van der Waals surface area contributed by atoms with Crippen LogP contribution < -0.4 is 0 Å². The van der Waals surface area contributed by atoms with Gasteiger partial charge in [-0.2, -0.15) is 23.5 Å². The molecule has 6 heteroatoms. The van der Waals surface area contributed by atoms with E-state index in [1.54, 1.807) is 37.4 Å². The lowest BCUT2D eigenvalue weighted by Gasteiger charge is -2.16. The number of rotatable bonds is 0. The molecule has 1 saturated heterocycles. The Morgan fingerprint density at radius 3 is 1.69 bits per heavy atom. The topological polar surface area (TPSA) is 52.6 Å². The highest BCUT2D eigenvalue weighted by Crippen LogP contribution is 2.13. The molecule has 1 aliphatic rings. The lowest BCUT2D eigenvalue weighted by molar-refractivity contribution is -0.172. The van der Waals surface area contributed by atoms with Gasteiger partial charge in [-0.25, -0.2) is 9.59 Å². The summed E-state index contributed by atoms with van der Waals surface area (Å²) < 4.78 is 9.89. The molecule has 1 aliphatic heterocycles. The van der Waals surface area contributed by atoms with Crippen LogP contribution in [0.5, 0.6) is 0 Å². The second-order valence-corrected chi connectivity index (χ2v) is 5.88. The van der Waals surface area contributed by atoms with Crippen LogP contribution in [0.2, 0.25) is 0 Å². The van der Waals surface area contributed by atoms with Crippen LogP contribution in [0.3, 0.4) is 0 Å². The van der Waals surface area contributed by atoms with E-state index in [9.17, 15) is 9.59 Å². The fourth-order valence-corrected chi connectivity index (χ4v) is 3.22. The van der Waals surface area contributed by atoms with Gasteiger partial charge in [0.1, 0.15) is 12.2 Å². The van der Waals surface area contributed by atoms with Crippen molar-refractivity contribution in [2.24, 2.45) is 0 Å². The third-order valence-corrected chi connectivity index (χ3v) is 4.51. The Morgan fingerprint density at radius 2 is 1.31 bits per heavy atom. The molecule has 4 nitrogen and oxygen atoms in total. The Kier molecular flexibility index (Phi) is 6.05. The summed E-state index contributed by atoms with van der Waals surface area (Å²) in [5, 5.41) is 0. The Labute approximate surface area is 104 Å². The summed E-state index contributed by atoms with van der Waals surface area (Å²) in [6.07, 6.45) is -0.491. The smallest absolute Gasteiger partial charge is 0.417 e. The Balaban J connectivity index is 2.51. The number of thioether (sulfide) groups is 2. The maximum absolute atomic E-state index is 11.3. The lowest BCUT2D eigenvalue weighted by atomic mass is 10.4. The van der Waals surface area contributed by atoms with Crippen molar-refractivity contribution in [2.75, 3.05) is 23.0 Å². The van der Waals surface area contributed by atoms with Crippen molar-refractivity contribution in [3.05, 3.63) is 0 Å². The number of hydrogen-bond acceptors (Lipinski definition) is 6. The van der Waals surface area contributed by atoms with Crippen molar-refractivity contribution < 1.29 is 19.1 Å². The zero-order chi connectivity index (χ0) is 12.0. The zero-order valence-corrected chi connectivity index (χ0v) is 11.1. The molecule has 2 atom stereocenters. The maximum atomic E-state index is 11.3. The minimum absolute atomic E-state index is 0.246. The molecule has 0 aliphatic carbocycles. The lowest BCUT2D eigenvalue weighted by Crippen LogP contribution is -2.29. The van der Waals surface area contributed by atoms with Crippen LogP contribution >= 0.6 is 23.5 Å². The molecule has 0 aromatic carbocycles. The molecule has 0 aromatic rings. The van der Waals surface area contributed by atoms with Gasteiger partial charge in [-0.3, -0.25) is 0 Å². The molecule has 0 aromatic heterocycles. The van der Waals surface area contributed by atoms with Crippen LogP contribution in [0.25, 0.3) is 0 Å². The first-order valence-electron chi connectivity index (χ1n) is 5.16. The summed E-state index contributed by atoms with van der Waals surface area (Å²) in [5.74, 6) is 1.71. The molecule has 2 unspecified atom stereocenters. The first-order valence-corrected chi connectivity index (χ1v) is 7.47. The van der Waals surface area contributed by atoms with Crippen LogP contribution in [0.1, 0.15) is 13.8 Å². The van der Waals surface area contributed by atoms with Crippen molar-refractivity contribution in [2.45, 2.75) is 26.1 Å². The van der Waals surface area contributed by atoms with E-state index in [1.807, 2.05) is 0 Å². The average Bonchev–Trinajstić information content (AvgIpc) is 2.21. The average molecular weight is 264 g/mol. The van der Waals surface area contributed by atoms with E-state index in [1.165, 1.54) is 0 Å². The number of ether oxygens (including phenoxy) is 2. The van der Waals surface area contributed by atoms with E-state index < -0.39 is 11.9 Å². The molecule has 0 saturated carbocycles. The van der Waals surface area contributed by atoms with Crippen LogP contribution in [0.4, 0.5) is 0 Å². The highest BCUT2D eigenvalue weighted by molar-refractivity contribution is 8.02. The van der Waals surface area contributed by atoms with Gasteiger partial charge in [-0.1, -0.05) is 0 Å². The summed E-state index contributed by atoms with van der Waals surface area (Å²) in [4.78, 5) is 22.5. The van der Waals surface area contributed by atoms with E-state index in [-0.39, 0.29) is 12.2 Å². The van der Waals surface area contributed by atoms with Crippen molar-refractivity contribution in [3.63, 3.8) is 0 Å². The maximum Gasteiger partial charge on any atom is 0.417 e. The van der Waals surface area contributed by atoms with Crippen molar-refractivity contribution in [1.82, 2.24) is 0 Å². The van der Waals surface area contributed by atoms with E-state index in [0.29, 0.717) is 0 Å². The predicted molar refractivity (Wildman–Crippen MR) is 65.8 cm³/mol. The van der Waals surface area contributed by atoms with E-state index in [2.05, 4.69) is 0 Å². The Bertz CT molecular complexity index is 231.